The fourth-order valence-corrected chi connectivity index (χ4v) is 1.87. The van der Waals surface area contributed by atoms with Crippen molar-refractivity contribution in [2.24, 2.45) is 0 Å². The molecule has 0 aliphatic carbocycles. The van der Waals surface area contributed by atoms with E-state index >= 15 is 0 Å². The van der Waals surface area contributed by atoms with E-state index in [2.05, 4.69) is 0 Å². The van der Waals surface area contributed by atoms with E-state index in [0.717, 1.165) is 16.7 Å². The largest absolute Gasteiger partial charge is 0.508 e. The summed E-state index contributed by atoms with van der Waals surface area (Å²) in [6, 6.07) is 8.83. The highest BCUT2D eigenvalue weighted by molar-refractivity contribution is 5.60. The third-order valence-electron chi connectivity index (χ3n) is 3.07. The second-order valence-corrected chi connectivity index (χ2v) is 4.65. The van der Waals surface area contributed by atoms with E-state index in [1.807, 2.05) is 19.9 Å². The molecule has 2 aromatic carbocycles. The van der Waals surface area contributed by atoms with Gasteiger partial charge in [-0.25, -0.2) is 0 Å². The Bertz CT molecular complexity index is 609. The van der Waals surface area contributed by atoms with Crippen LogP contribution in [0.25, 0.3) is 0 Å². The molecule has 0 saturated heterocycles. The molecule has 0 spiro atoms. The van der Waals surface area contributed by atoms with Gasteiger partial charge in [-0.15, -0.1) is 0 Å². The SMILES string of the molecule is Cc1cc(COc2ccc(N)cc2N)c(C)cc1O. The number of ether oxygens (including phenoxy) is 1. The van der Waals surface area contributed by atoms with Gasteiger partial charge in [-0.3, -0.25) is 0 Å². The second kappa shape index (κ2) is 5.10. The Morgan fingerprint density at radius 1 is 1.05 bits per heavy atom. The summed E-state index contributed by atoms with van der Waals surface area (Å²) in [5, 5.41) is 9.61. The zero-order valence-electron chi connectivity index (χ0n) is 11.1. The van der Waals surface area contributed by atoms with Gasteiger partial charge in [0.25, 0.3) is 0 Å². The van der Waals surface area contributed by atoms with Crippen molar-refractivity contribution in [3.8, 4) is 11.5 Å². The molecule has 0 fully saturated rings. The lowest BCUT2D eigenvalue weighted by molar-refractivity contribution is 0.307. The molecule has 4 nitrogen and oxygen atoms in total. The molecule has 19 heavy (non-hydrogen) atoms. The van der Waals surface area contributed by atoms with Crippen LogP contribution < -0.4 is 16.2 Å². The highest BCUT2D eigenvalue weighted by atomic mass is 16.5. The molecule has 0 saturated carbocycles. The smallest absolute Gasteiger partial charge is 0.142 e. The van der Waals surface area contributed by atoms with Gasteiger partial charge < -0.3 is 21.3 Å². The van der Waals surface area contributed by atoms with Crippen molar-refractivity contribution in [3.63, 3.8) is 0 Å². The number of anilines is 2. The average molecular weight is 258 g/mol. The van der Waals surface area contributed by atoms with Crippen LogP contribution in [0.3, 0.4) is 0 Å². The number of nitrogens with two attached hydrogens (primary N) is 2. The summed E-state index contributed by atoms with van der Waals surface area (Å²) in [6.07, 6.45) is 0. The molecular weight excluding hydrogens is 240 g/mol. The van der Waals surface area contributed by atoms with E-state index in [-0.39, 0.29) is 0 Å². The van der Waals surface area contributed by atoms with Crippen molar-refractivity contribution >= 4 is 11.4 Å². The Kier molecular flexibility index (Phi) is 3.51. The highest BCUT2D eigenvalue weighted by Gasteiger charge is 2.06. The minimum atomic E-state index is 0.299. The van der Waals surface area contributed by atoms with E-state index < -0.39 is 0 Å². The molecule has 0 aromatic heterocycles. The number of aryl methyl sites for hydroxylation is 2. The summed E-state index contributed by atoms with van der Waals surface area (Å²) in [5.74, 6) is 0.910. The second-order valence-electron chi connectivity index (χ2n) is 4.65. The molecule has 0 amide bonds. The first kappa shape index (κ1) is 13.1. The molecule has 0 unspecified atom stereocenters. The number of rotatable bonds is 3. The van der Waals surface area contributed by atoms with Crippen molar-refractivity contribution in [3.05, 3.63) is 47.0 Å². The summed E-state index contributed by atoms with van der Waals surface area (Å²) in [7, 11) is 0. The summed E-state index contributed by atoms with van der Waals surface area (Å²) in [5.41, 5.74) is 15.4. The van der Waals surface area contributed by atoms with E-state index in [4.69, 9.17) is 16.2 Å². The van der Waals surface area contributed by atoms with Gasteiger partial charge in [-0.1, -0.05) is 0 Å². The van der Waals surface area contributed by atoms with Crippen molar-refractivity contribution < 1.29 is 9.84 Å². The predicted molar refractivity (Wildman–Crippen MR) is 77.2 cm³/mol. The lowest BCUT2D eigenvalue weighted by atomic mass is 10.1. The quantitative estimate of drug-likeness (QED) is 0.739. The summed E-state index contributed by atoms with van der Waals surface area (Å²) >= 11 is 0. The number of nitrogen functional groups attached to an aromatic ring is 2. The van der Waals surface area contributed by atoms with Crippen LogP contribution in [0.15, 0.2) is 30.3 Å². The van der Waals surface area contributed by atoms with Crippen LogP contribution in [0.5, 0.6) is 11.5 Å². The summed E-state index contributed by atoms with van der Waals surface area (Å²) in [4.78, 5) is 0. The molecule has 5 N–H and O–H groups in total. The zero-order chi connectivity index (χ0) is 14.0. The Labute approximate surface area is 112 Å². The van der Waals surface area contributed by atoms with Crippen molar-refractivity contribution in [2.75, 3.05) is 11.5 Å². The van der Waals surface area contributed by atoms with Gasteiger partial charge in [0.1, 0.15) is 18.1 Å². The molecule has 0 atom stereocenters. The Morgan fingerprint density at radius 3 is 2.47 bits per heavy atom. The van der Waals surface area contributed by atoms with Gasteiger partial charge in [0, 0.05) is 5.69 Å². The van der Waals surface area contributed by atoms with Gasteiger partial charge in [-0.2, -0.15) is 0 Å². The fourth-order valence-electron chi connectivity index (χ4n) is 1.87. The first-order valence-electron chi connectivity index (χ1n) is 6.04. The lowest BCUT2D eigenvalue weighted by Crippen LogP contribution is -2.01. The van der Waals surface area contributed by atoms with Gasteiger partial charge in [0.05, 0.1) is 5.69 Å². The predicted octanol–water partition coefficient (Wildman–Crippen LogP) is 2.75. The maximum absolute atomic E-state index is 9.61. The molecular formula is C15H18N2O2. The average Bonchev–Trinajstić information content (AvgIpc) is 2.34. The first-order valence-corrected chi connectivity index (χ1v) is 6.04. The fraction of sp³-hybridized carbons (Fsp3) is 0.200. The topological polar surface area (TPSA) is 81.5 Å². The standard InChI is InChI=1S/C15H18N2O2/c1-9-6-14(18)10(2)5-11(9)8-19-15-4-3-12(16)7-13(15)17/h3-7,18H,8,16-17H2,1-2H3. The molecule has 4 heteroatoms. The first-order chi connectivity index (χ1) is 8.97. The molecule has 100 valence electrons. The number of hydrogen-bond acceptors (Lipinski definition) is 4. The monoisotopic (exact) mass is 258 g/mol. The molecule has 2 aromatic rings. The molecule has 0 aliphatic rings. The van der Waals surface area contributed by atoms with Crippen molar-refractivity contribution in [1.82, 2.24) is 0 Å². The van der Waals surface area contributed by atoms with Crippen molar-refractivity contribution in [2.45, 2.75) is 20.5 Å². The van der Waals surface area contributed by atoms with Crippen molar-refractivity contribution in [1.29, 1.82) is 0 Å². The van der Waals surface area contributed by atoms with E-state index in [1.165, 1.54) is 0 Å². The zero-order valence-corrected chi connectivity index (χ0v) is 11.1. The number of hydrogen-bond donors (Lipinski definition) is 3. The molecule has 2 rings (SSSR count). The third-order valence-corrected chi connectivity index (χ3v) is 3.07. The number of phenols is 1. The van der Waals surface area contributed by atoms with E-state index in [1.54, 1.807) is 24.3 Å². The third kappa shape index (κ3) is 2.91. The van der Waals surface area contributed by atoms with Gasteiger partial charge in [0.2, 0.25) is 0 Å². The van der Waals surface area contributed by atoms with Gasteiger partial charge in [-0.05, 0) is 60.9 Å². The minimum absolute atomic E-state index is 0.299. The Balaban J connectivity index is 2.16. The molecule has 0 radical (unpaired) electrons. The van der Waals surface area contributed by atoms with E-state index in [9.17, 15) is 5.11 Å². The van der Waals surface area contributed by atoms with Crippen LogP contribution in [0, 0.1) is 13.8 Å². The van der Waals surface area contributed by atoms with E-state index in [0.29, 0.717) is 29.5 Å². The number of phenolic OH excluding ortho intramolecular Hbond substituents is 1. The maximum atomic E-state index is 9.61. The highest BCUT2D eigenvalue weighted by Crippen LogP contribution is 2.26. The molecule has 0 aliphatic heterocycles. The lowest BCUT2D eigenvalue weighted by Gasteiger charge is -2.12. The normalized spacial score (nSPS) is 10.4. The van der Waals surface area contributed by atoms with Crippen LogP contribution >= 0.6 is 0 Å². The minimum Gasteiger partial charge on any atom is -0.508 e. The van der Waals surface area contributed by atoms with Crippen LogP contribution in [0.4, 0.5) is 11.4 Å². The molecule has 0 heterocycles. The number of benzene rings is 2. The Morgan fingerprint density at radius 2 is 1.79 bits per heavy atom. The van der Waals surface area contributed by atoms with Crippen LogP contribution in [-0.4, -0.2) is 5.11 Å². The maximum Gasteiger partial charge on any atom is 0.142 e. The van der Waals surface area contributed by atoms with Gasteiger partial charge >= 0.3 is 0 Å². The van der Waals surface area contributed by atoms with Crippen LogP contribution in [-0.2, 0) is 6.61 Å². The number of aromatic hydroxyl groups is 1. The summed E-state index contributed by atoms with van der Waals surface area (Å²) < 4.78 is 5.69. The Hall–Kier alpha value is -2.36. The summed E-state index contributed by atoms with van der Waals surface area (Å²) in [6.45, 7) is 4.20. The molecule has 0 bridgehead atoms. The van der Waals surface area contributed by atoms with Crippen LogP contribution in [0.1, 0.15) is 16.7 Å². The van der Waals surface area contributed by atoms with Gasteiger partial charge in [0.15, 0.2) is 0 Å². The van der Waals surface area contributed by atoms with Crippen LogP contribution in [0.2, 0.25) is 0 Å².